The van der Waals surface area contributed by atoms with Crippen LogP contribution in [0.1, 0.15) is 30.0 Å². The van der Waals surface area contributed by atoms with Crippen molar-refractivity contribution in [1.29, 1.82) is 0 Å². The summed E-state index contributed by atoms with van der Waals surface area (Å²) in [5, 5.41) is 22.9. The molecule has 3 aromatic rings. The average molecular weight is 426 g/mol. The zero-order chi connectivity index (χ0) is 20.6. The van der Waals surface area contributed by atoms with Crippen molar-refractivity contribution < 1.29 is 14.9 Å². The first-order valence-corrected chi connectivity index (χ1v) is 9.82. The van der Waals surface area contributed by atoms with E-state index in [4.69, 9.17) is 4.74 Å². The molecule has 0 aliphatic heterocycles. The van der Waals surface area contributed by atoms with Gasteiger partial charge in [0.1, 0.15) is 12.4 Å². The standard InChI is InChI=1S/C25H27NO3.ClH/c1-3-22(18-7-5-4-6-8-18)25(20-11-14-23(27)24(28)17-20)19-9-12-21(13-10-19)29-16-15-26-2;/h4-14,17,26-28H,3,15-16H2,1-2H3;1H/b25-22+;. The summed E-state index contributed by atoms with van der Waals surface area (Å²) in [6.07, 6.45) is 0.821. The molecule has 0 unspecified atom stereocenters. The van der Waals surface area contributed by atoms with Crippen molar-refractivity contribution in [2.45, 2.75) is 13.3 Å². The van der Waals surface area contributed by atoms with Gasteiger partial charge in [-0.25, -0.2) is 0 Å². The van der Waals surface area contributed by atoms with Crippen LogP contribution >= 0.6 is 12.4 Å². The quantitative estimate of drug-likeness (QED) is 0.254. The number of aromatic hydroxyl groups is 2. The Balaban J connectivity index is 0.00000320. The largest absolute Gasteiger partial charge is 0.504 e. The lowest BCUT2D eigenvalue weighted by Crippen LogP contribution is -2.15. The minimum absolute atomic E-state index is 0. The molecule has 0 aliphatic rings. The second kappa shape index (κ2) is 11.3. The van der Waals surface area contributed by atoms with Crippen LogP contribution in [0.5, 0.6) is 17.2 Å². The summed E-state index contributed by atoms with van der Waals surface area (Å²) in [6.45, 7) is 3.51. The summed E-state index contributed by atoms with van der Waals surface area (Å²) in [4.78, 5) is 0. The first kappa shape index (κ1) is 23.3. The number of ether oxygens (including phenoxy) is 1. The fraction of sp³-hybridized carbons (Fsp3) is 0.200. The highest BCUT2D eigenvalue weighted by atomic mass is 35.5. The predicted molar refractivity (Wildman–Crippen MR) is 126 cm³/mol. The molecule has 0 amide bonds. The summed E-state index contributed by atoms with van der Waals surface area (Å²) in [5.41, 5.74) is 5.20. The molecular formula is C25H28ClNO3. The molecular weight excluding hydrogens is 398 g/mol. The fourth-order valence-electron chi connectivity index (χ4n) is 3.35. The lowest BCUT2D eigenvalue weighted by molar-refractivity contribution is 0.318. The summed E-state index contributed by atoms with van der Waals surface area (Å²) in [6, 6.07) is 23.2. The third-order valence-electron chi connectivity index (χ3n) is 4.81. The molecule has 158 valence electrons. The average Bonchev–Trinajstić information content (AvgIpc) is 2.75. The number of phenols is 2. The molecule has 0 aromatic heterocycles. The molecule has 0 spiro atoms. The lowest BCUT2D eigenvalue weighted by Gasteiger charge is -2.17. The van der Waals surface area contributed by atoms with E-state index in [1.807, 2.05) is 55.6 Å². The van der Waals surface area contributed by atoms with Crippen molar-refractivity contribution >= 4 is 23.6 Å². The highest BCUT2D eigenvalue weighted by Crippen LogP contribution is 2.37. The van der Waals surface area contributed by atoms with Crippen LogP contribution in [-0.2, 0) is 0 Å². The zero-order valence-corrected chi connectivity index (χ0v) is 18.1. The van der Waals surface area contributed by atoms with Gasteiger partial charge in [0.25, 0.3) is 0 Å². The van der Waals surface area contributed by atoms with E-state index < -0.39 is 0 Å². The van der Waals surface area contributed by atoms with Crippen LogP contribution in [-0.4, -0.2) is 30.4 Å². The number of hydrogen-bond acceptors (Lipinski definition) is 4. The van der Waals surface area contributed by atoms with Gasteiger partial charge in [-0.3, -0.25) is 0 Å². The smallest absolute Gasteiger partial charge is 0.158 e. The molecule has 0 saturated carbocycles. The van der Waals surface area contributed by atoms with E-state index in [1.54, 1.807) is 6.07 Å². The molecule has 3 aromatic carbocycles. The van der Waals surface area contributed by atoms with E-state index in [-0.39, 0.29) is 23.9 Å². The Morgan fingerprint density at radius 3 is 2.10 bits per heavy atom. The van der Waals surface area contributed by atoms with Gasteiger partial charge in [-0.1, -0.05) is 55.5 Å². The highest BCUT2D eigenvalue weighted by Gasteiger charge is 2.15. The van der Waals surface area contributed by atoms with Gasteiger partial charge in [0, 0.05) is 6.54 Å². The van der Waals surface area contributed by atoms with Crippen LogP contribution in [0.3, 0.4) is 0 Å². The lowest BCUT2D eigenvalue weighted by atomic mass is 9.88. The van der Waals surface area contributed by atoms with Crippen LogP contribution in [0, 0.1) is 0 Å². The van der Waals surface area contributed by atoms with Gasteiger partial charge in [0.15, 0.2) is 11.5 Å². The van der Waals surface area contributed by atoms with Crippen molar-refractivity contribution in [3.63, 3.8) is 0 Å². The van der Waals surface area contributed by atoms with Gasteiger partial charge >= 0.3 is 0 Å². The zero-order valence-electron chi connectivity index (χ0n) is 17.3. The van der Waals surface area contributed by atoms with E-state index in [9.17, 15) is 10.2 Å². The topological polar surface area (TPSA) is 61.7 Å². The van der Waals surface area contributed by atoms with E-state index in [2.05, 4.69) is 24.4 Å². The third kappa shape index (κ3) is 5.56. The summed E-state index contributed by atoms with van der Waals surface area (Å²) >= 11 is 0. The Hall–Kier alpha value is -2.95. The summed E-state index contributed by atoms with van der Waals surface area (Å²) in [5.74, 6) is 0.560. The second-order valence-electron chi connectivity index (χ2n) is 6.75. The summed E-state index contributed by atoms with van der Waals surface area (Å²) in [7, 11) is 1.90. The normalized spacial score (nSPS) is 11.4. The Kier molecular flexibility index (Phi) is 8.78. The van der Waals surface area contributed by atoms with Crippen molar-refractivity contribution in [2.24, 2.45) is 0 Å². The van der Waals surface area contributed by atoms with Crippen molar-refractivity contribution in [2.75, 3.05) is 20.2 Å². The number of nitrogens with one attached hydrogen (secondary N) is 1. The molecule has 0 saturated heterocycles. The Morgan fingerprint density at radius 1 is 0.833 bits per heavy atom. The van der Waals surface area contributed by atoms with Crippen LogP contribution in [0.25, 0.3) is 11.1 Å². The Morgan fingerprint density at radius 2 is 1.50 bits per heavy atom. The van der Waals surface area contributed by atoms with Gasteiger partial charge in [0.2, 0.25) is 0 Å². The maximum atomic E-state index is 10.1. The van der Waals surface area contributed by atoms with E-state index in [0.29, 0.717) is 6.61 Å². The third-order valence-corrected chi connectivity index (χ3v) is 4.81. The molecule has 0 heterocycles. The van der Waals surface area contributed by atoms with Crippen LogP contribution in [0.15, 0.2) is 72.8 Å². The molecule has 0 radical (unpaired) electrons. The molecule has 0 bridgehead atoms. The van der Waals surface area contributed by atoms with E-state index >= 15 is 0 Å². The molecule has 0 fully saturated rings. The number of benzene rings is 3. The van der Waals surface area contributed by atoms with Gasteiger partial charge < -0.3 is 20.3 Å². The van der Waals surface area contributed by atoms with Crippen molar-refractivity contribution in [1.82, 2.24) is 5.32 Å². The molecule has 5 heteroatoms. The SMILES string of the molecule is CC/C(=C(/c1ccc(OCCNC)cc1)c1ccc(O)c(O)c1)c1ccccc1.Cl. The number of rotatable bonds is 8. The van der Waals surface area contributed by atoms with Gasteiger partial charge in [0.05, 0.1) is 0 Å². The van der Waals surface area contributed by atoms with Crippen molar-refractivity contribution in [3.8, 4) is 17.2 Å². The first-order valence-electron chi connectivity index (χ1n) is 9.82. The number of phenolic OH excluding ortho intramolecular Hbond substituents is 2. The monoisotopic (exact) mass is 425 g/mol. The maximum absolute atomic E-state index is 10.1. The highest BCUT2D eigenvalue weighted by molar-refractivity contribution is 5.98. The van der Waals surface area contributed by atoms with Crippen LogP contribution in [0.2, 0.25) is 0 Å². The predicted octanol–water partition coefficient (Wildman–Crippen LogP) is 5.49. The fourth-order valence-corrected chi connectivity index (χ4v) is 3.35. The van der Waals surface area contributed by atoms with Gasteiger partial charge in [-0.15, -0.1) is 12.4 Å². The number of halogens is 1. The van der Waals surface area contributed by atoms with E-state index in [1.165, 1.54) is 11.6 Å². The Bertz CT molecular complexity index is 969. The minimum Gasteiger partial charge on any atom is -0.504 e. The minimum atomic E-state index is -0.129. The number of allylic oxidation sites excluding steroid dienone is 1. The molecule has 0 atom stereocenters. The molecule has 30 heavy (non-hydrogen) atoms. The number of hydrogen-bond donors (Lipinski definition) is 3. The number of likely N-dealkylation sites (N-methyl/N-ethyl adjacent to an activating group) is 1. The Labute approximate surface area is 184 Å². The van der Waals surface area contributed by atoms with E-state index in [0.717, 1.165) is 41.0 Å². The first-order chi connectivity index (χ1) is 14.1. The van der Waals surface area contributed by atoms with Crippen molar-refractivity contribution in [3.05, 3.63) is 89.5 Å². The molecule has 3 rings (SSSR count). The molecule has 0 aliphatic carbocycles. The van der Waals surface area contributed by atoms with Crippen LogP contribution < -0.4 is 10.1 Å². The van der Waals surface area contributed by atoms with Gasteiger partial charge in [-0.05, 0) is 65.6 Å². The van der Waals surface area contributed by atoms with Crippen LogP contribution in [0.4, 0.5) is 0 Å². The second-order valence-corrected chi connectivity index (χ2v) is 6.75. The summed E-state index contributed by atoms with van der Waals surface area (Å²) < 4.78 is 5.74. The molecule has 3 N–H and O–H groups in total. The van der Waals surface area contributed by atoms with Gasteiger partial charge in [-0.2, -0.15) is 0 Å². The molecule has 4 nitrogen and oxygen atoms in total. The maximum Gasteiger partial charge on any atom is 0.158 e.